The van der Waals surface area contributed by atoms with E-state index >= 15 is 0 Å². The van der Waals surface area contributed by atoms with Crippen molar-refractivity contribution >= 4 is 39.2 Å². The van der Waals surface area contributed by atoms with Gasteiger partial charge in [0.05, 0.1) is 16.9 Å². The predicted octanol–water partition coefficient (Wildman–Crippen LogP) is 5.35. The van der Waals surface area contributed by atoms with Crippen molar-refractivity contribution in [2.75, 3.05) is 5.32 Å². The van der Waals surface area contributed by atoms with Gasteiger partial charge in [0.1, 0.15) is 12.4 Å². The van der Waals surface area contributed by atoms with Crippen LogP contribution in [0.5, 0.6) is 5.75 Å². The minimum absolute atomic E-state index is 0.170. The molecule has 2 aromatic carbocycles. The molecule has 5 rings (SSSR count). The van der Waals surface area contributed by atoms with Gasteiger partial charge in [0.25, 0.3) is 5.91 Å². The van der Waals surface area contributed by atoms with Crippen LogP contribution in [0.4, 0.5) is 5.69 Å². The summed E-state index contributed by atoms with van der Waals surface area (Å²) in [6, 6.07) is 14.7. The molecule has 0 fully saturated rings. The Morgan fingerprint density at radius 2 is 1.93 bits per heavy atom. The van der Waals surface area contributed by atoms with Crippen molar-refractivity contribution in [2.24, 2.45) is 0 Å². The number of imidazole rings is 1. The van der Waals surface area contributed by atoms with E-state index in [1.54, 1.807) is 41.1 Å². The number of aromatic nitrogens is 3. The summed E-state index contributed by atoms with van der Waals surface area (Å²) < 4.78 is 7.68. The second-order valence-electron chi connectivity index (χ2n) is 6.54. The highest BCUT2D eigenvalue weighted by Crippen LogP contribution is 2.23. The van der Waals surface area contributed by atoms with Gasteiger partial charge in [-0.05, 0) is 36.4 Å². The predicted molar refractivity (Wildman–Crippen MR) is 119 cm³/mol. The lowest BCUT2D eigenvalue weighted by molar-refractivity contribution is 0.102. The lowest BCUT2D eigenvalue weighted by Gasteiger charge is -2.08. The van der Waals surface area contributed by atoms with Gasteiger partial charge in [-0.3, -0.25) is 9.20 Å². The van der Waals surface area contributed by atoms with Crippen molar-refractivity contribution in [3.05, 3.63) is 88.5 Å². The highest BCUT2D eigenvalue weighted by atomic mass is 32.1. The van der Waals surface area contributed by atoms with Gasteiger partial charge < -0.3 is 10.1 Å². The van der Waals surface area contributed by atoms with Crippen molar-refractivity contribution in [3.63, 3.8) is 0 Å². The zero-order chi connectivity index (χ0) is 20.3. The zero-order valence-corrected chi connectivity index (χ0v) is 17.3. The fourth-order valence-electron chi connectivity index (χ4n) is 2.96. The maximum atomic E-state index is 12.5. The van der Waals surface area contributed by atoms with Crippen molar-refractivity contribution in [1.82, 2.24) is 14.4 Å². The SMILES string of the molecule is O=C(Nc1ccc(-c2cn3ccsc3n2)cc1)c1ccc(OCc2cscn2)cc1. The molecule has 3 heterocycles. The van der Waals surface area contributed by atoms with E-state index < -0.39 is 0 Å². The fraction of sp³-hybridized carbons (Fsp3) is 0.0455. The van der Waals surface area contributed by atoms with Crippen LogP contribution in [0, 0.1) is 0 Å². The number of carbonyl (C=O) groups is 1. The second-order valence-corrected chi connectivity index (χ2v) is 8.14. The molecule has 0 aliphatic heterocycles. The molecule has 0 bridgehead atoms. The summed E-state index contributed by atoms with van der Waals surface area (Å²) in [4.78, 5) is 22.3. The molecule has 0 aliphatic carbocycles. The maximum Gasteiger partial charge on any atom is 0.255 e. The van der Waals surface area contributed by atoms with Crippen molar-refractivity contribution in [2.45, 2.75) is 6.61 Å². The lowest BCUT2D eigenvalue weighted by Crippen LogP contribution is -2.11. The summed E-state index contributed by atoms with van der Waals surface area (Å²) in [6.07, 6.45) is 3.98. The normalized spacial score (nSPS) is 10.9. The number of hydrogen-bond acceptors (Lipinski definition) is 6. The van der Waals surface area contributed by atoms with Crippen molar-refractivity contribution in [1.29, 1.82) is 0 Å². The number of rotatable bonds is 6. The van der Waals surface area contributed by atoms with E-state index in [4.69, 9.17) is 4.74 Å². The van der Waals surface area contributed by atoms with Gasteiger partial charge in [-0.1, -0.05) is 12.1 Å². The largest absolute Gasteiger partial charge is 0.487 e. The Balaban J connectivity index is 1.22. The van der Waals surface area contributed by atoms with Gasteiger partial charge in [0.15, 0.2) is 4.96 Å². The maximum absolute atomic E-state index is 12.5. The minimum atomic E-state index is -0.170. The smallest absolute Gasteiger partial charge is 0.255 e. The average molecular weight is 433 g/mol. The summed E-state index contributed by atoms with van der Waals surface area (Å²) in [6.45, 7) is 0.413. The number of ether oxygens (including phenoxy) is 1. The first-order valence-electron chi connectivity index (χ1n) is 9.18. The van der Waals surface area contributed by atoms with Crippen LogP contribution in [0.25, 0.3) is 16.2 Å². The van der Waals surface area contributed by atoms with E-state index in [1.807, 2.05) is 51.8 Å². The van der Waals surface area contributed by atoms with Crippen LogP contribution < -0.4 is 10.1 Å². The molecule has 1 amide bonds. The highest BCUT2D eigenvalue weighted by molar-refractivity contribution is 7.15. The first-order chi connectivity index (χ1) is 14.7. The molecule has 148 valence electrons. The molecule has 5 aromatic rings. The molecule has 8 heteroatoms. The second kappa shape index (κ2) is 8.10. The molecule has 0 unspecified atom stereocenters. The molecule has 0 atom stereocenters. The first kappa shape index (κ1) is 18.5. The van der Waals surface area contributed by atoms with Crippen LogP contribution in [-0.2, 0) is 6.61 Å². The molecule has 6 nitrogen and oxygen atoms in total. The van der Waals surface area contributed by atoms with Gasteiger partial charge in [0, 0.05) is 40.0 Å². The quantitative estimate of drug-likeness (QED) is 0.393. The molecular formula is C22H16N4O2S2. The molecular weight excluding hydrogens is 416 g/mol. The molecule has 0 aliphatic rings. The zero-order valence-electron chi connectivity index (χ0n) is 15.7. The third-order valence-corrected chi connectivity index (χ3v) is 5.92. The van der Waals surface area contributed by atoms with Crippen LogP contribution in [0.2, 0.25) is 0 Å². The van der Waals surface area contributed by atoms with E-state index in [1.165, 1.54) is 11.3 Å². The Morgan fingerprint density at radius 3 is 2.67 bits per heavy atom. The number of hydrogen-bond donors (Lipinski definition) is 1. The third-order valence-electron chi connectivity index (χ3n) is 4.52. The monoisotopic (exact) mass is 432 g/mol. The van der Waals surface area contributed by atoms with Crippen molar-refractivity contribution < 1.29 is 9.53 Å². The lowest BCUT2D eigenvalue weighted by atomic mass is 10.1. The summed E-state index contributed by atoms with van der Waals surface area (Å²) in [5, 5.41) is 6.87. The van der Waals surface area contributed by atoms with E-state index in [-0.39, 0.29) is 5.91 Å². The Kier molecular flexibility index (Phi) is 5.00. The molecule has 0 saturated carbocycles. The average Bonchev–Trinajstić information content (AvgIpc) is 3.51. The van der Waals surface area contributed by atoms with Crippen molar-refractivity contribution in [3.8, 4) is 17.0 Å². The number of fused-ring (bicyclic) bond motifs is 1. The number of thiazole rings is 2. The van der Waals surface area contributed by atoms with Crippen LogP contribution in [0.15, 0.2) is 77.2 Å². The van der Waals surface area contributed by atoms with E-state index in [0.717, 1.165) is 27.6 Å². The number of anilines is 1. The fourth-order valence-corrected chi connectivity index (χ4v) is 4.21. The summed E-state index contributed by atoms with van der Waals surface area (Å²) in [5.41, 5.74) is 5.87. The summed E-state index contributed by atoms with van der Waals surface area (Å²) in [5.74, 6) is 0.528. The topological polar surface area (TPSA) is 68.5 Å². The number of amides is 1. The Labute approximate surface area is 180 Å². The molecule has 0 saturated heterocycles. The van der Waals surface area contributed by atoms with E-state index in [2.05, 4.69) is 15.3 Å². The van der Waals surface area contributed by atoms with Crippen LogP contribution in [0.1, 0.15) is 16.1 Å². The van der Waals surface area contributed by atoms with Gasteiger partial charge in [0.2, 0.25) is 0 Å². The van der Waals surface area contributed by atoms with Gasteiger partial charge >= 0.3 is 0 Å². The van der Waals surface area contributed by atoms with E-state index in [0.29, 0.717) is 17.9 Å². The van der Waals surface area contributed by atoms with Crippen LogP contribution in [-0.4, -0.2) is 20.3 Å². The highest BCUT2D eigenvalue weighted by Gasteiger charge is 2.09. The van der Waals surface area contributed by atoms with Gasteiger partial charge in [-0.25, -0.2) is 9.97 Å². The summed E-state index contributed by atoms with van der Waals surface area (Å²) in [7, 11) is 0. The number of nitrogens with one attached hydrogen (secondary N) is 1. The number of carbonyl (C=O) groups excluding carboxylic acids is 1. The molecule has 0 radical (unpaired) electrons. The minimum Gasteiger partial charge on any atom is -0.487 e. The van der Waals surface area contributed by atoms with Gasteiger partial charge in [-0.2, -0.15) is 0 Å². The first-order valence-corrected chi connectivity index (χ1v) is 11.0. The Hall–Kier alpha value is -3.49. The van der Waals surface area contributed by atoms with Gasteiger partial charge in [-0.15, -0.1) is 22.7 Å². The summed E-state index contributed by atoms with van der Waals surface area (Å²) >= 11 is 3.13. The number of benzene rings is 2. The Bertz CT molecular complexity index is 1240. The van der Waals surface area contributed by atoms with E-state index in [9.17, 15) is 4.79 Å². The molecule has 3 aromatic heterocycles. The molecule has 30 heavy (non-hydrogen) atoms. The Morgan fingerprint density at radius 1 is 1.10 bits per heavy atom. The molecule has 0 spiro atoms. The molecule has 1 N–H and O–H groups in total. The third kappa shape index (κ3) is 3.96. The van der Waals surface area contributed by atoms with Crippen LogP contribution >= 0.6 is 22.7 Å². The van der Waals surface area contributed by atoms with Crippen LogP contribution in [0.3, 0.4) is 0 Å². The number of nitrogens with zero attached hydrogens (tertiary/aromatic N) is 3. The standard InChI is InChI=1S/C22H16N4O2S2/c27-21(16-3-7-19(8-4-16)28-12-18-13-29-14-23-18)24-17-5-1-15(2-6-17)20-11-26-9-10-30-22(26)25-20/h1-11,13-14H,12H2,(H,24,27).